The molecular formula is C16H16N4O4S. The van der Waals surface area contributed by atoms with Gasteiger partial charge in [-0.1, -0.05) is 5.16 Å². The number of nitrogens with two attached hydrogens (primary N) is 1. The Labute approximate surface area is 144 Å². The van der Waals surface area contributed by atoms with Gasteiger partial charge in [0.1, 0.15) is 4.90 Å². The Hall–Kier alpha value is -2.26. The van der Waals surface area contributed by atoms with Crippen molar-refractivity contribution in [1.82, 2.24) is 14.4 Å². The van der Waals surface area contributed by atoms with E-state index in [2.05, 4.69) is 10.1 Å². The number of carbonyl (C=O) groups is 1. The van der Waals surface area contributed by atoms with E-state index in [-0.39, 0.29) is 22.4 Å². The van der Waals surface area contributed by atoms with Crippen LogP contribution in [0.3, 0.4) is 0 Å². The van der Waals surface area contributed by atoms with Crippen LogP contribution in [0.2, 0.25) is 0 Å². The highest BCUT2D eigenvalue weighted by molar-refractivity contribution is 7.90. The van der Waals surface area contributed by atoms with Crippen LogP contribution >= 0.6 is 0 Å². The van der Waals surface area contributed by atoms with Gasteiger partial charge >= 0.3 is 0 Å². The number of hydrogen-bond acceptors (Lipinski definition) is 7. The van der Waals surface area contributed by atoms with Gasteiger partial charge in [-0.2, -0.15) is 4.98 Å². The van der Waals surface area contributed by atoms with Crippen LogP contribution in [-0.4, -0.2) is 34.8 Å². The molecule has 8 nitrogen and oxygen atoms in total. The van der Waals surface area contributed by atoms with Crippen LogP contribution in [-0.2, 0) is 15.6 Å². The summed E-state index contributed by atoms with van der Waals surface area (Å²) in [4.78, 5) is 16.7. The Morgan fingerprint density at radius 1 is 1.28 bits per heavy atom. The number of sulfonamides is 1. The molecule has 2 saturated carbocycles. The fourth-order valence-corrected chi connectivity index (χ4v) is 5.22. The third-order valence-electron chi connectivity index (χ3n) is 5.19. The van der Waals surface area contributed by atoms with Crippen molar-refractivity contribution >= 4 is 15.9 Å². The van der Waals surface area contributed by atoms with E-state index < -0.39 is 21.5 Å². The number of benzene rings is 1. The Balaban J connectivity index is 1.56. The molecule has 0 bridgehead atoms. The molecule has 5 rings (SSSR count). The summed E-state index contributed by atoms with van der Waals surface area (Å²) in [6, 6.07) is 4.37. The lowest BCUT2D eigenvalue weighted by molar-refractivity contribution is 0.0865. The molecule has 2 aromatic rings. The fraction of sp³-hybridized carbons (Fsp3) is 0.438. The predicted molar refractivity (Wildman–Crippen MR) is 85.8 cm³/mol. The van der Waals surface area contributed by atoms with Crippen LogP contribution < -0.4 is 5.73 Å². The Bertz CT molecular complexity index is 1000. The molecule has 1 amide bonds. The first kappa shape index (κ1) is 15.0. The SMILES string of the molecule is NC1(c2noc(-c3ccc4c(c3)S(=O)(=O)N(C3CC3)C4=O)n2)CCC1. The maximum atomic E-state index is 12.7. The van der Waals surface area contributed by atoms with E-state index >= 15 is 0 Å². The monoisotopic (exact) mass is 360 g/mol. The summed E-state index contributed by atoms with van der Waals surface area (Å²) in [6.07, 6.45) is 4.07. The first-order valence-electron chi connectivity index (χ1n) is 8.26. The van der Waals surface area contributed by atoms with Crippen molar-refractivity contribution in [2.45, 2.75) is 48.6 Å². The molecule has 2 heterocycles. The lowest BCUT2D eigenvalue weighted by Crippen LogP contribution is -2.44. The molecule has 0 spiro atoms. The van der Waals surface area contributed by atoms with Crippen molar-refractivity contribution in [3.8, 4) is 11.5 Å². The maximum absolute atomic E-state index is 12.7. The van der Waals surface area contributed by atoms with Gasteiger partial charge in [-0.25, -0.2) is 12.7 Å². The molecule has 0 atom stereocenters. The molecule has 0 unspecified atom stereocenters. The number of rotatable bonds is 3. The van der Waals surface area contributed by atoms with E-state index in [9.17, 15) is 13.2 Å². The highest BCUT2D eigenvalue weighted by atomic mass is 32.2. The highest BCUT2D eigenvalue weighted by Gasteiger charge is 2.49. The maximum Gasteiger partial charge on any atom is 0.269 e. The minimum absolute atomic E-state index is 0.00718. The second-order valence-corrected chi connectivity index (χ2v) is 8.76. The topological polar surface area (TPSA) is 119 Å². The smallest absolute Gasteiger partial charge is 0.269 e. The summed E-state index contributed by atoms with van der Waals surface area (Å²) < 4.78 is 31.7. The summed E-state index contributed by atoms with van der Waals surface area (Å²) in [5, 5.41) is 3.95. The number of carbonyl (C=O) groups excluding carboxylic acids is 1. The van der Waals surface area contributed by atoms with E-state index in [0.717, 1.165) is 36.4 Å². The zero-order valence-electron chi connectivity index (χ0n) is 13.3. The summed E-state index contributed by atoms with van der Waals surface area (Å²) >= 11 is 0. The molecule has 0 radical (unpaired) electrons. The minimum Gasteiger partial charge on any atom is -0.334 e. The average molecular weight is 360 g/mol. The molecule has 0 saturated heterocycles. The first-order chi connectivity index (χ1) is 11.9. The molecule has 130 valence electrons. The molecule has 1 aliphatic heterocycles. The van der Waals surface area contributed by atoms with E-state index in [1.165, 1.54) is 12.1 Å². The first-order valence-corrected chi connectivity index (χ1v) is 9.70. The number of aromatic nitrogens is 2. The largest absolute Gasteiger partial charge is 0.334 e. The molecule has 2 N–H and O–H groups in total. The fourth-order valence-electron chi connectivity index (χ4n) is 3.37. The lowest BCUT2D eigenvalue weighted by Gasteiger charge is -2.34. The molecular weight excluding hydrogens is 344 g/mol. The third kappa shape index (κ3) is 2.02. The molecule has 2 fully saturated rings. The lowest BCUT2D eigenvalue weighted by atomic mass is 9.77. The van der Waals surface area contributed by atoms with Crippen LogP contribution in [0.15, 0.2) is 27.6 Å². The van der Waals surface area contributed by atoms with Crippen LogP contribution in [0.25, 0.3) is 11.5 Å². The quantitative estimate of drug-likeness (QED) is 0.878. The van der Waals surface area contributed by atoms with Gasteiger partial charge in [-0.15, -0.1) is 0 Å². The van der Waals surface area contributed by atoms with Gasteiger partial charge in [-0.05, 0) is 50.3 Å². The van der Waals surface area contributed by atoms with Gasteiger partial charge in [-0.3, -0.25) is 4.79 Å². The Morgan fingerprint density at radius 2 is 2.04 bits per heavy atom. The van der Waals surface area contributed by atoms with Crippen LogP contribution in [0.4, 0.5) is 0 Å². The van der Waals surface area contributed by atoms with Crippen molar-refractivity contribution in [2.24, 2.45) is 5.73 Å². The zero-order valence-corrected chi connectivity index (χ0v) is 14.1. The number of hydrogen-bond donors (Lipinski definition) is 1. The van der Waals surface area contributed by atoms with Crippen molar-refractivity contribution in [3.63, 3.8) is 0 Å². The van der Waals surface area contributed by atoms with Crippen LogP contribution in [0, 0.1) is 0 Å². The molecule has 3 aliphatic rings. The van der Waals surface area contributed by atoms with Gasteiger partial charge < -0.3 is 10.3 Å². The molecule has 25 heavy (non-hydrogen) atoms. The van der Waals surface area contributed by atoms with Gasteiger partial charge in [0.15, 0.2) is 5.82 Å². The zero-order chi connectivity index (χ0) is 17.4. The minimum atomic E-state index is -3.81. The Morgan fingerprint density at radius 3 is 2.68 bits per heavy atom. The third-order valence-corrected chi connectivity index (χ3v) is 7.07. The highest BCUT2D eigenvalue weighted by Crippen LogP contribution is 2.41. The summed E-state index contributed by atoms with van der Waals surface area (Å²) in [5.41, 5.74) is 6.31. The van der Waals surface area contributed by atoms with E-state index in [1.807, 2.05) is 0 Å². The van der Waals surface area contributed by atoms with Gasteiger partial charge in [0.2, 0.25) is 0 Å². The summed E-state index contributed by atoms with van der Waals surface area (Å²) in [6.45, 7) is 0. The van der Waals surface area contributed by atoms with Gasteiger partial charge in [0.05, 0.1) is 11.1 Å². The molecule has 2 aliphatic carbocycles. The molecule has 1 aromatic heterocycles. The molecule has 9 heteroatoms. The van der Waals surface area contributed by atoms with Crippen molar-refractivity contribution in [3.05, 3.63) is 29.6 Å². The van der Waals surface area contributed by atoms with Crippen LogP contribution in [0.1, 0.15) is 48.3 Å². The number of nitrogens with zero attached hydrogens (tertiary/aromatic N) is 3. The van der Waals surface area contributed by atoms with Crippen molar-refractivity contribution < 1.29 is 17.7 Å². The standard InChI is InChI=1S/C16H16N4O4S/c17-16(6-1-7-16)15-18-13(24-19-15)9-2-5-11-12(8-9)25(22,23)20(14(11)21)10-3-4-10/h2,5,8,10H,1,3-4,6-7,17H2. The second-order valence-electron chi connectivity index (χ2n) is 6.98. The molecule has 1 aromatic carbocycles. The summed E-state index contributed by atoms with van der Waals surface area (Å²) in [7, 11) is -3.81. The van der Waals surface area contributed by atoms with Gasteiger partial charge in [0.25, 0.3) is 21.8 Å². The van der Waals surface area contributed by atoms with Crippen LogP contribution in [0.5, 0.6) is 0 Å². The van der Waals surface area contributed by atoms with E-state index in [1.54, 1.807) is 6.07 Å². The predicted octanol–water partition coefficient (Wildman–Crippen LogP) is 1.38. The average Bonchev–Trinajstić information content (AvgIpc) is 3.20. The number of amides is 1. The van der Waals surface area contributed by atoms with Crippen molar-refractivity contribution in [1.29, 1.82) is 0 Å². The van der Waals surface area contributed by atoms with Gasteiger partial charge in [0, 0.05) is 11.6 Å². The van der Waals surface area contributed by atoms with E-state index in [0.29, 0.717) is 11.4 Å². The van der Waals surface area contributed by atoms with E-state index in [4.69, 9.17) is 10.3 Å². The normalized spacial score (nSPS) is 23.4. The Kier molecular flexibility index (Phi) is 2.81. The van der Waals surface area contributed by atoms with Crippen molar-refractivity contribution in [2.75, 3.05) is 0 Å². The summed E-state index contributed by atoms with van der Waals surface area (Å²) in [5.74, 6) is 0.195. The second kappa shape index (κ2) is 4.67. The number of fused-ring (bicyclic) bond motifs is 1.